The number of rotatable bonds is 3. The van der Waals surface area contributed by atoms with Crippen LogP contribution < -0.4 is 5.01 Å². The van der Waals surface area contributed by atoms with Crippen molar-refractivity contribution in [1.29, 1.82) is 0 Å². The van der Waals surface area contributed by atoms with Gasteiger partial charge in [-0.1, -0.05) is 55.5 Å². The van der Waals surface area contributed by atoms with Crippen LogP contribution >= 0.6 is 24.0 Å². The van der Waals surface area contributed by atoms with E-state index in [-0.39, 0.29) is 0 Å². The number of para-hydroxylation sites is 1. The van der Waals surface area contributed by atoms with E-state index in [4.69, 9.17) is 17.3 Å². The number of thioether (sulfide) groups is 1. The molecule has 0 aromatic heterocycles. The Labute approximate surface area is 137 Å². The Morgan fingerprint density at radius 3 is 2.81 bits per heavy atom. The summed E-state index contributed by atoms with van der Waals surface area (Å²) in [7, 11) is 0. The Morgan fingerprint density at radius 2 is 2.19 bits per heavy atom. The van der Waals surface area contributed by atoms with Crippen LogP contribution in [0, 0.1) is 11.3 Å². The fourth-order valence-corrected chi connectivity index (χ4v) is 4.38. The lowest BCUT2D eigenvalue weighted by Gasteiger charge is -2.46. The molecule has 0 saturated heterocycles. The molecule has 0 spiro atoms. The molecule has 2 atom stereocenters. The lowest BCUT2D eigenvalue weighted by Crippen LogP contribution is -2.47. The largest absolute Gasteiger partial charge is 0.216 e. The van der Waals surface area contributed by atoms with Crippen molar-refractivity contribution in [3.05, 3.63) is 30.3 Å². The summed E-state index contributed by atoms with van der Waals surface area (Å²) in [5.74, 6) is 0.863. The quantitative estimate of drug-likeness (QED) is 0.570. The average molecular weight is 319 g/mol. The topological polar surface area (TPSA) is 15.6 Å². The third-order valence-electron chi connectivity index (χ3n) is 5.17. The van der Waals surface area contributed by atoms with Gasteiger partial charge >= 0.3 is 0 Å². The Balaban J connectivity index is 1.92. The van der Waals surface area contributed by atoms with Gasteiger partial charge in [0.2, 0.25) is 0 Å². The smallest absolute Gasteiger partial charge is 0.161 e. The van der Waals surface area contributed by atoms with E-state index in [9.17, 15) is 0 Å². The Bertz CT molecular complexity index is 555. The minimum atomic E-state index is 0.376. The van der Waals surface area contributed by atoms with Crippen LogP contribution in [0.25, 0.3) is 0 Å². The van der Waals surface area contributed by atoms with E-state index in [0.717, 1.165) is 22.3 Å². The third kappa shape index (κ3) is 2.53. The minimum absolute atomic E-state index is 0.376. The summed E-state index contributed by atoms with van der Waals surface area (Å²) in [6.07, 6.45) is 8.44. The molecule has 0 bridgehead atoms. The SMILES string of the molecule is CCC12CCCC1C/C2=N\N(C(=S)SC)c1ccccc1. The molecule has 2 aliphatic rings. The zero-order chi connectivity index (χ0) is 14.9. The van der Waals surface area contributed by atoms with E-state index in [1.165, 1.54) is 31.4 Å². The van der Waals surface area contributed by atoms with E-state index < -0.39 is 0 Å². The van der Waals surface area contributed by atoms with Crippen molar-refractivity contribution in [3.8, 4) is 0 Å². The van der Waals surface area contributed by atoms with Crippen LogP contribution in [-0.4, -0.2) is 16.3 Å². The summed E-state index contributed by atoms with van der Waals surface area (Å²) in [6, 6.07) is 10.3. The normalized spacial score (nSPS) is 29.0. The molecular weight excluding hydrogens is 296 g/mol. The molecule has 1 aromatic rings. The number of benzene rings is 1. The van der Waals surface area contributed by atoms with Gasteiger partial charge in [0.1, 0.15) is 0 Å². The molecule has 0 N–H and O–H groups in total. The van der Waals surface area contributed by atoms with Crippen molar-refractivity contribution in [2.45, 2.75) is 39.0 Å². The van der Waals surface area contributed by atoms with Crippen LogP contribution in [0.3, 0.4) is 0 Å². The standard InChI is InChI=1S/C17H22N2S2/c1-3-17-11-7-8-13(17)12-15(17)18-19(16(20)21-2)14-9-5-4-6-10-14/h4-6,9-10,13H,3,7-8,11-12H2,1-2H3/b18-15+. The number of nitrogens with zero attached hydrogens (tertiary/aromatic N) is 2. The van der Waals surface area contributed by atoms with Crippen molar-refractivity contribution in [3.63, 3.8) is 0 Å². The Hall–Kier alpha value is -0.870. The lowest BCUT2D eigenvalue weighted by atomic mass is 9.59. The molecule has 21 heavy (non-hydrogen) atoms. The van der Waals surface area contributed by atoms with Gasteiger partial charge < -0.3 is 0 Å². The van der Waals surface area contributed by atoms with Crippen molar-refractivity contribution in [2.24, 2.45) is 16.4 Å². The number of hydrogen-bond acceptors (Lipinski definition) is 3. The molecule has 112 valence electrons. The number of hydrogen-bond donors (Lipinski definition) is 0. The first kappa shape index (κ1) is 15.0. The van der Waals surface area contributed by atoms with E-state index >= 15 is 0 Å². The molecule has 4 heteroatoms. The maximum atomic E-state index is 5.52. The monoisotopic (exact) mass is 318 g/mol. The van der Waals surface area contributed by atoms with Crippen LogP contribution in [0.4, 0.5) is 5.69 Å². The van der Waals surface area contributed by atoms with E-state index in [1.807, 2.05) is 29.5 Å². The predicted octanol–water partition coefficient (Wildman–Crippen LogP) is 5.10. The molecular formula is C17H22N2S2. The summed E-state index contributed by atoms with van der Waals surface area (Å²) >= 11 is 7.11. The highest BCUT2D eigenvalue weighted by atomic mass is 32.2. The third-order valence-corrected chi connectivity index (χ3v) is 6.37. The molecule has 0 heterocycles. The zero-order valence-electron chi connectivity index (χ0n) is 12.7. The van der Waals surface area contributed by atoms with Gasteiger partial charge in [-0.3, -0.25) is 0 Å². The molecule has 2 nitrogen and oxygen atoms in total. The van der Waals surface area contributed by atoms with Crippen LogP contribution in [0.2, 0.25) is 0 Å². The van der Waals surface area contributed by atoms with E-state index in [2.05, 4.69) is 19.1 Å². The molecule has 2 saturated carbocycles. The van der Waals surface area contributed by atoms with Crippen LogP contribution in [0.15, 0.2) is 35.4 Å². The number of fused-ring (bicyclic) bond motifs is 1. The summed E-state index contributed by atoms with van der Waals surface area (Å²) in [6.45, 7) is 2.31. The maximum Gasteiger partial charge on any atom is 0.161 e. The lowest BCUT2D eigenvalue weighted by molar-refractivity contribution is 0.233. The number of thiocarbonyl (C=S) groups is 1. The van der Waals surface area contributed by atoms with Gasteiger partial charge in [-0.25, -0.2) is 5.01 Å². The van der Waals surface area contributed by atoms with Gasteiger partial charge in [-0.2, -0.15) is 5.10 Å². The van der Waals surface area contributed by atoms with Crippen molar-refractivity contribution < 1.29 is 0 Å². The fourth-order valence-electron chi connectivity index (χ4n) is 3.92. The first-order chi connectivity index (χ1) is 10.2. The molecule has 2 aliphatic carbocycles. The van der Waals surface area contributed by atoms with Gasteiger partial charge in [-0.05, 0) is 50.0 Å². The molecule has 0 radical (unpaired) electrons. The molecule has 0 aliphatic heterocycles. The van der Waals surface area contributed by atoms with Crippen LogP contribution in [0.5, 0.6) is 0 Å². The zero-order valence-corrected chi connectivity index (χ0v) is 14.3. The van der Waals surface area contributed by atoms with Gasteiger partial charge in [0.25, 0.3) is 0 Å². The van der Waals surface area contributed by atoms with E-state index in [1.54, 1.807) is 11.8 Å². The van der Waals surface area contributed by atoms with Gasteiger partial charge in [0.15, 0.2) is 4.32 Å². The molecule has 1 aromatic carbocycles. The molecule has 2 fully saturated rings. The first-order valence-corrected chi connectivity index (χ1v) is 9.35. The summed E-state index contributed by atoms with van der Waals surface area (Å²) < 4.78 is 0.821. The van der Waals surface area contributed by atoms with Gasteiger partial charge in [-0.15, -0.1) is 0 Å². The summed E-state index contributed by atoms with van der Waals surface area (Å²) in [4.78, 5) is 0. The Morgan fingerprint density at radius 1 is 1.43 bits per heavy atom. The maximum absolute atomic E-state index is 5.52. The van der Waals surface area contributed by atoms with Crippen LogP contribution in [-0.2, 0) is 0 Å². The fraction of sp³-hybridized carbons (Fsp3) is 0.529. The Kier molecular flexibility index (Phi) is 4.36. The first-order valence-electron chi connectivity index (χ1n) is 7.72. The van der Waals surface area contributed by atoms with Crippen molar-refractivity contribution >= 4 is 39.7 Å². The van der Waals surface area contributed by atoms with E-state index in [0.29, 0.717) is 5.41 Å². The van der Waals surface area contributed by atoms with Crippen molar-refractivity contribution in [2.75, 3.05) is 11.3 Å². The average Bonchev–Trinajstić information content (AvgIpc) is 2.85. The van der Waals surface area contributed by atoms with Crippen molar-refractivity contribution in [1.82, 2.24) is 0 Å². The minimum Gasteiger partial charge on any atom is -0.216 e. The molecule has 3 rings (SSSR count). The highest BCUT2D eigenvalue weighted by Crippen LogP contribution is 2.57. The highest BCUT2D eigenvalue weighted by molar-refractivity contribution is 8.22. The second kappa shape index (κ2) is 6.09. The second-order valence-electron chi connectivity index (χ2n) is 5.97. The number of anilines is 1. The van der Waals surface area contributed by atoms with Gasteiger partial charge in [0, 0.05) is 11.1 Å². The summed E-state index contributed by atoms with van der Waals surface area (Å²) in [5.41, 5.74) is 2.81. The second-order valence-corrected chi connectivity index (χ2v) is 7.41. The molecule has 2 unspecified atom stereocenters. The van der Waals surface area contributed by atoms with Gasteiger partial charge in [0.05, 0.1) is 5.69 Å². The number of hydrazone groups is 1. The highest BCUT2D eigenvalue weighted by Gasteiger charge is 2.54. The predicted molar refractivity (Wildman–Crippen MR) is 97.2 cm³/mol. The summed E-state index contributed by atoms with van der Waals surface area (Å²) in [5, 5.41) is 6.96. The molecule has 0 amide bonds. The van der Waals surface area contributed by atoms with Crippen LogP contribution in [0.1, 0.15) is 39.0 Å².